The summed E-state index contributed by atoms with van der Waals surface area (Å²) in [5.41, 5.74) is 3.65. The van der Waals surface area contributed by atoms with Crippen molar-refractivity contribution in [2.24, 2.45) is 5.92 Å². The second kappa shape index (κ2) is 3.74. The summed E-state index contributed by atoms with van der Waals surface area (Å²) in [6, 6.07) is 7.51. The van der Waals surface area contributed by atoms with Crippen LogP contribution in [-0.4, -0.2) is 19.7 Å². The monoisotopic (exact) mass is 243 g/mol. The van der Waals surface area contributed by atoms with Gasteiger partial charge in [-0.2, -0.15) is 0 Å². The summed E-state index contributed by atoms with van der Waals surface area (Å²) in [4.78, 5) is 0. The summed E-state index contributed by atoms with van der Waals surface area (Å²) in [6.07, 6.45) is 6.78. The van der Waals surface area contributed by atoms with Gasteiger partial charge in [0.05, 0.1) is 7.11 Å². The molecule has 0 aliphatic heterocycles. The number of ether oxygens (including phenoxy) is 1. The zero-order chi connectivity index (χ0) is 12.2. The molecular formula is C16H21NO. The molecule has 0 aromatic heterocycles. The van der Waals surface area contributed by atoms with E-state index in [-0.39, 0.29) is 0 Å². The molecule has 0 bridgehead atoms. The molecule has 1 aromatic carbocycles. The average Bonchev–Trinajstić information content (AvgIpc) is 3.28. The maximum atomic E-state index is 5.39. The summed E-state index contributed by atoms with van der Waals surface area (Å²) in [5.74, 6) is 1.89. The highest BCUT2D eigenvalue weighted by Crippen LogP contribution is 2.61. The van der Waals surface area contributed by atoms with Gasteiger partial charge in [-0.25, -0.2) is 0 Å². The van der Waals surface area contributed by atoms with E-state index < -0.39 is 0 Å². The predicted octanol–water partition coefficient (Wildman–Crippen LogP) is 2.65. The van der Waals surface area contributed by atoms with Crippen LogP contribution in [0.2, 0.25) is 0 Å². The Kier molecular flexibility index (Phi) is 2.25. The Morgan fingerprint density at radius 2 is 2.28 bits per heavy atom. The molecule has 2 nitrogen and oxygen atoms in total. The number of benzene rings is 1. The van der Waals surface area contributed by atoms with Gasteiger partial charge >= 0.3 is 0 Å². The lowest BCUT2D eigenvalue weighted by molar-refractivity contribution is 0.413. The first kappa shape index (κ1) is 10.9. The van der Waals surface area contributed by atoms with Gasteiger partial charge in [0.1, 0.15) is 5.75 Å². The minimum Gasteiger partial charge on any atom is -0.497 e. The van der Waals surface area contributed by atoms with E-state index in [1.807, 2.05) is 0 Å². The van der Waals surface area contributed by atoms with E-state index in [9.17, 15) is 0 Å². The topological polar surface area (TPSA) is 21.3 Å². The second-order valence-corrected chi connectivity index (χ2v) is 6.26. The fourth-order valence-electron chi connectivity index (χ4n) is 3.74. The van der Waals surface area contributed by atoms with Crippen LogP contribution in [0.25, 0.3) is 0 Å². The number of hydrogen-bond acceptors (Lipinski definition) is 2. The van der Waals surface area contributed by atoms with Crippen LogP contribution in [0.15, 0.2) is 18.2 Å². The first-order valence-corrected chi connectivity index (χ1v) is 7.22. The Hall–Kier alpha value is -1.02. The van der Waals surface area contributed by atoms with Gasteiger partial charge in [-0.3, -0.25) is 0 Å². The van der Waals surface area contributed by atoms with Crippen molar-refractivity contribution in [3.8, 4) is 5.75 Å². The van der Waals surface area contributed by atoms with Crippen LogP contribution in [-0.2, 0) is 11.8 Å². The Morgan fingerprint density at radius 1 is 1.39 bits per heavy atom. The van der Waals surface area contributed by atoms with Crippen LogP contribution in [0, 0.1) is 5.92 Å². The lowest BCUT2D eigenvalue weighted by Crippen LogP contribution is -2.22. The number of fused-ring (bicyclic) bond motifs is 2. The van der Waals surface area contributed by atoms with E-state index in [0.29, 0.717) is 5.41 Å². The van der Waals surface area contributed by atoms with Crippen molar-refractivity contribution in [1.29, 1.82) is 0 Å². The SMILES string of the molecule is COc1ccc2c(c1)C1(CC2)CC1CNC1CC1. The minimum atomic E-state index is 0.506. The van der Waals surface area contributed by atoms with Crippen molar-refractivity contribution in [3.63, 3.8) is 0 Å². The molecule has 2 saturated carbocycles. The molecule has 3 aliphatic rings. The molecule has 2 heteroatoms. The highest BCUT2D eigenvalue weighted by molar-refractivity contribution is 5.48. The average molecular weight is 243 g/mol. The summed E-state index contributed by atoms with van der Waals surface area (Å²) >= 11 is 0. The molecule has 1 spiro atoms. The number of methoxy groups -OCH3 is 1. The van der Waals surface area contributed by atoms with Crippen molar-refractivity contribution in [3.05, 3.63) is 29.3 Å². The van der Waals surface area contributed by atoms with Crippen LogP contribution in [0.3, 0.4) is 0 Å². The molecule has 0 radical (unpaired) electrons. The summed E-state index contributed by atoms with van der Waals surface area (Å²) in [5, 5.41) is 3.70. The zero-order valence-electron chi connectivity index (χ0n) is 11.0. The molecule has 96 valence electrons. The van der Waals surface area contributed by atoms with E-state index in [1.165, 1.54) is 38.6 Å². The third-order valence-corrected chi connectivity index (χ3v) is 5.16. The molecule has 2 fully saturated rings. The van der Waals surface area contributed by atoms with Gasteiger partial charge in [0, 0.05) is 11.5 Å². The number of aryl methyl sites for hydroxylation is 1. The van der Waals surface area contributed by atoms with E-state index >= 15 is 0 Å². The number of nitrogens with one attached hydrogen (secondary N) is 1. The van der Waals surface area contributed by atoms with Crippen LogP contribution in [0.5, 0.6) is 5.75 Å². The quantitative estimate of drug-likeness (QED) is 0.878. The normalized spacial score (nSPS) is 32.6. The first-order valence-electron chi connectivity index (χ1n) is 7.22. The third-order valence-electron chi connectivity index (χ3n) is 5.16. The van der Waals surface area contributed by atoms with Crippen LogP contribution in [0.1, 0.15) is 36.8 Å². The highest BCUT2D eigenvalue weighted by Gasteiger charge is 2.57. The van der Waals surface area contributed by atoms with Gasteiger partial charge in [-0.05, 0) is 67.8 Å². The molecule has 0 saturated heterocycles. The molecule has 0 heterocycles. The molecule has 1 aromatic rings. The highest BCUT2D eigenvalue weighted by atomic mass is 16.5. The molecule has 2 unspecified atom stereocenters. The van der Waals surface area contributed by atoms with E-state index in [2.05, 4.69) is 23.5 Å². The Morgan fingerprint density at radius 3 is 3.06 bits per heavy atom. The third kappa shape index (κ3) is 1.58. The van der Waals surface area contributed by atoms with Crippen molar-refractivity contribution >= 4 is 0 Å². The van der Waals surface area contributed by atoms with Crippen LogP contribution < -0.4 is 10.1 Å². The van der Waals surface area contributed by atoms with Crippen molar-refractivity contribution in [1.82, 2.24) is 5.32 Å². The van der Waals surface area contributed by atoms with E-state index in [1.54, 1.807) is 18.2 Å². The number of rotatable bonds is 4. The molecule has 18 heavy (non-hydrogen) atoms. The van der Waals surface area contributed by atoms with Crippen LogP contribution in [0.4, 0.5) is 0 Å². The van der Waals surface area contributed by atoms with Gasteiger partial charge in [-0.1, -0.05) is 6.07 Å². The second-order valence-electron chi connectivity index (χ2n) is 6.26. The molecule has 0 amide bonds. The Labute approximate surface area is 109 Å². The molecule has 4 rings (SSSR count). The molecule has 2 atom stereocenters. The van der Waals surface area contributed by atoms with Crippen molar-refractivity contribution in [2.75, 3.05) is 13.7 Å². The van der Waals surface area contributed by atoms with Crippen LogP contribution >= 0.6 is 0 Å². The van der Waals surface area contributed by atoms with Gasteiger partial charge in [0.15, 0.2) is 0 Å². The Bertz CT molecular complexity index is 480. The number of hydrogen-bond donors (Lipinski definition) is 1. The predicted molar refractivity (Wildman–Crippen MR) is 72.1 cm³/mol. The van der Waals surface area contributed by atoms with E-state index in [0.717, 1.165) is 17.7 Å². The largest absolute Gasteiger partial charge is 0.497 e. The standard InChI is InChI=1S/C16H21NO/c1-18-14-5-2-11-6-7-16(15(11)8-14)9-12(16)10-17-13-3-4-13/h2,5,8,12-13,17H,3-4,6-7,9-10H2,1H3. The molecular weight excluding hydrogens is 222 g/mol. The fraction of sp³-hybridized carbons (Fsp3) is 0.625. The lowest BCUT2D eigenvalue weighted by atomic mass is 9.95. The molecule has 3 aliphatic carbocycles. The van der Waals surface area contributed by atoms with Crippen molar-refractivity contribution in [2.45, 2.75) is 43.6 Å². The summed E-state index contributed by atoms with van der Waals surface area (Å²) in [7, 11) is 1.77. The summed E-state index contributed by atoms with van der Waals surface area (Å²) < 4.78 is 5.39. The van der Waals surface area contributed by atoms with E-state index in [4.69, 9.17) is 4.74 Å². The maximum Gasteiger partial charge on any atom is 0.119 e. The lowest BCUT2D eigenvalue weighted by Gasteiger charge is -2.13. The smallest absolute Gasteiger partial charge is 0.119 e. The fourth-order valence-corrected chi connectivity index (χ4v) is 3.74. The van der Waals surface area contributed by atoms with Gasteiger partial charge in [0.25, 0.3) is 0 Å². The van der Waals surface area contributed by atoms with Gasteiger partial charge in [-0.15, -0.1) is 0 Å². The summed E-state index contributed by atoms with van der Waals surface area (Å²) in [6.45, 7) is 1.22. The molecule has 1 N–H and O–H groups in total. The van der Waals surface area contributed by atoms with Gasteiger partial charge < -0.3 is 10.1 Å². The zero-order valence-corrected chi connectivity index (χ0v) is 11.0. The Balaban J connectivity index is 1.55. The minimum absolute atomic E-state index is 0.506. The van der Waals surface area contributed by atoms with Gasteiger partial charge in [0.2, 0.25) is 0 Å². The maximum absolute atomic E-state index is 5.39. The first-order chi connectivity index (χ1) is 8.82. The van der Waals surface area contributed by atoms with Crippen molar-refractivity contribution < 1.29 is 4.74 Å².